The molecule has 4 nitrogen and oxygen atoms in total. The number of amides is 1. The Bertz CT molecular complexity index is 754. The van der Waals surface area contributed by atoms with Crippen LogP contribution >= 0.6 is 0 Å². The second-order valence-electron chi connectivity index (χ2n) is 6.71. The minimum absolute atomic E-state index is 0.135. The Morgan fingerprint density at radius 2 is 1.64 bits per heavy atom. The highest BCUT2D eigenvalue weighted by Gasteiger charge is 2.40. The molecule has 0 fully saturated rings. The summed E-state index contributed by atoms with van der Waals surface area (Å²) in [5.74, 6) is 0.472. The van der Waals surface area contributed by atoms with E-state index in [9.17, 15) is 9.90 Å². The molecular weight excluding hydrogens is 312 g/mol. The van der Waals surface area contributed by atoms with Gasteiger partial charge in [-0.2, -0.15) is 0 Å². The van der Waals surface area contributed by atoms with E-state index in [1.165, 1.54) is 0 Å². The van der Waals surface area contributed by atoms with Gasteiger partial charge in [0.1, 0.15) is 11.8 Å². The number of para-hydroxylation sites is 1. The number of anilines is 1. The minimum atomic E-state index is -0.480. The fourth-order valence-electron chi connectivity index (χ4n) is 3.11. The third-order valence-electron chi connectivity index (χ3n) is 4.31. The Morgan fingerprint density at radius 1 is 1.04 bits per heavy atom. The van der Waals surface area contributed by atoms with Gasteiger partial charge in [0, 0.05) is 12.2 Å². The number of nitrogens with zero attached hydrogens (tertiary/aromatic N) is 1. The van der Waals surface area contributed by atoms with Crippen molar-refractivity contribution in [2.45, 2.75) is 19.9 Å². The Morgan fingerprint density at radius 3 is 2.24 bits per heavy atom. The number of nitrogens with one attached hydrogen (secondary N) is 1. The molecule has 0 aromatic heterocycles. The highest BCUT2D eigenvalue weighted by Crippen LogP contribution is 2.39. The molecule has 2 aromatic rings. The molecule has 0 bridgehead atoms. The van der Waals surface area contributed by atoms with Crippen molar-refractivity contribution in [3.8, 4) is 0 Å². The number of carbonyl (C=O) groups is 1. The molecule has 1 amide bonds. The van der Waals surface area contributed by atoms with Gasteiger partial charge in [-0.3, -0.25) is 9.69 Å². The smallest absolute Gasteiger partial charge is 0.259 e. The molecule has 2 aromatic carbocycles. The molecule has 0 saturated heterocycles. The van der Waals surface area contributed by atoms with Gasteiger partial charge in [-0.15, -0.1) is 0 Å². The van der Waals surface area contributed by atoms with Crippen LogP contribution < -0.4 is 10.2 Å². The van der Waals surface area contributed by atoms with Crippen molar-refractivity contribution >= 4 is 11.6 Å². The largest absolute Gasteiger partial charge is 0.509 e. The fourth-order valence-corrected chi connectivity index (χ4v) is 3.11. The van der Waals surface area contributed by atoms with Gasteiger partial charge in [-0.1, -0.05) is 62.4 Å². The van der Waals surface area contributed by atoms with Crippen molar-refractivity contribution in [3.05, 3.63) is 77.6 Å². The van der Waals surface area contributed by atoms with E-state index in [1.807, 2.05) is 60.7 Å². The number of rotatable bonds is 6. The second kappa shape index (κ2) is 7.53. The molecule has 4 heteroatoms. The van der Waals surface area contributed by atoms with Gasteiger partial charge in [-0.05, 0) is 30.2 Å². The van der Waals surface area contributed by atoms with Crippen molar-refractivity contribution in [2.75, 3.05) is 18.0 Å². The van der Waals surface area contributed by atoms with Crippen molar-refractivity contribution in [1.29, 1.82) is 0 Å². The Labute approximate surface area is 148 Å². The summed E-state index contributed by atoms with van der Waals surface area (Å²) in [6.45, 7) is 5.39. The minimum Gasteiger partial charge on any atom is -0.509 e. The molecular formula is C21H24N2O2. The van der Waals surface area contributed by atoms with Gasteiger partial charge in [0.25, 0.3) is 5.91 Å². The molecule has 130 valence electrons. The number of hydrogen-bond acceptors (Lipinski definition) is 3. The lowest BCUT2D eigenvalue weighted by Gasteiger charge is -2.26. The summed E-state index contributed by atoms with van der Waals surface area (Å²) in [4.78, 5) is 14.7. The molecule has 0 spiro atoms. The first-order valence-corrected chi connectivity index (χ1v) is 8.66. The summed E-state index contributed by atoms with van der Waals surface area (Å²) in [5, 5.41) is 14.1. The van der Waals surface area contributed by atoms with Crippen molar-refractivity contribution in [1.82, 2.24) is 5.32 Å². The van der Waals surface area contributed by atoms with Crippen LogP contribution in [0.4, 0.5) is 5.69 Å². The van der Waals surface area contributed by atoms with Gasteiger partial charge < -0.3 is 10.4 Å². The average Bonchev–Trinajstić information content (AvgIpc) is 2.87. The predicted octanol–water partition coefficient (Wildman–Crippen LogP) is 3.83. The lowest BCUT2D eigenvalue weighted by atomic mass is 10.0. The summed E-state index contributed by atoms with van der Waals surface area (Å²) in [5.41, 5.74) is 2.13. The van der Waals surface area contributed by atoms with Crippen LogP contribution in [-0.4, -0.2) is 24.1 Å². The number of carbonyl (C=O) groups excluding carboxylic acids is 1. The first kappa shape index (κ1) is 17.2. The summed E-state index contributed by atoms with van der Waals surface area (Å²) in [6.07, 6.45) is 0. The first-order chi connectivity index (χ1) is 12.1. The van der Waals surface area contributed by atoms with Crippen LogP contribution in [0.2, 0.25) is 0 Å². The summed E-state index contributed by atoms with van der Waals surface area (Å²) in [7, 11) is 0. The van der Waals surface area contributed by atoms with E-state index in [0.29, 0.717) is 18.0 Å². The fraction of sp³-hybridized carbons (Fsp3) is 0.286. The molecule has 0 saturated carbocycles. The van der Waals surface area contributed by atoms with Crippen LogP contribution in [0.5, 0.6) is 0 Å². The van der Waals surface area contributed by atoms with Gasteiger partial charge in [0.2, 0.25) is 0 Å². The lowest BCUT2D eigenvalue weighted by Crippen LogP contribution is -2.32. The monoisotopic (exact) mass is 336 g/mol. The van der Waals surface area contributed by atoms with Crippen molar-refractivity contribution in [3.63, 3.8) is 0 Å². The zero-order chi connectivity index (χ0) is 17.8. The second-order valence-corrected chi connectivity index (χ2v) is 6.71. The highest BCUT2D eigenvalue weighted by molar-refractivity contribution is 6.10. The van der Waals surface area contributed by atoms with Crippen LogP contribution in [0.3, 0.4) is 0 Å². The maximum Gasteiger partial charge on any atom is 0.259 e. The van der Waals surface area contributed by atoms with E-state index in [4.69, 9.17) is 0 Å². The summed E-state index contributed by atoms with van der Waals surface area (Å²) >= 11 is 0. The van der Waals surface area contributed by atoms with Crippen molar-refractivity contribution in [2.24, 2.45) is 5.92 Å². The van der Waals surface area contributed by atoms with Gasteiger partial charge in [-0.25, -0.2) is 0 Å². The van der Waals surface area contributed by atoms with Gasteiger partial charge in [0.05, 0.1) is 5.57 Å². The normalized spacial score (nSPS) is 17.6. The Kier molecular flexibility index (Phi) is 5.19. The SMILES string of the molecule is CC(C)CNCC1=C(O)C(c2ccccc2)N(c2ccccc2)C1=O. The molecule has 3 rings (SSSR count). The quantitative estimate of drug-likeness (QED) is 0.843. The molecule has 25 heavy (non-hydrogen) atoms. The maximum atomic E-state index is 13.0. The number of aliphatic hydroxyl groups excluding tert-OH is 1. The highest BCUT2D eigenvalue weighted by atomic mass is 16.3. The third kappa shape index (κ3) is 3.59. The van der Waals surface area contributed by atoms with E-state index in [2.05, 4.69) is 19.2 Å². The Balaban J connectivity index is 1.96. The van der Waals surface area contributed by atoms with Crippen LogP contribution in [0.25, 0.3) is 0 Å². The molecule has 1 aliphatic heterocycles. The molecule has 1 unspecified atom stereocenters. The molecule has 1 aliphatic rings. The van der Waals surface area contributed by atoms with E-state index < -0.39 is 6.04 Å². The van der Waals surface area contributed by atoms with Crippen LogP contribution in [-0.2, 0) is 4.79 Å². The standard InChI is InChI=1S/C21H24N2O2/c1-15(2)13-22-14-18-20(24)19(16-9-5-3-6-10-16)23(21(18)25)17-11-7-4-8-12-17/h3-12,15,19,22,24H,13-14H2,1-2H3. The van der Waals surface area contributed by atoms with Crippen LogP contribution in [0, 0.1) is 5.92 Å². The van der Waals surface area contributed by atoms with E-state index in [1.54, 1.807) is 4.90 Å². The van der Waals surface area contributed by atoms with Gasteiger partial charge >= 0.3 is 0 Å². The topological polar surface area (TPSA) is 52.6 Å². The van der Waals surface area contributed by atoms with Crippen LogP contribution in [0.15, 0.2) is 72.0 Å². The van der Waals surface area contributed by atoms with E-state index in [0.717, 1.165) is 17.8 Å². The molecule has 0 radical (unpaired) electrons. The zero-order valence-electron chi connectivity index (χ0n) is 14.6. The van der Waals surface area contributed by atoms with E-state index >= 15 is 0 Å². The van der Waals surface area contributed by atoms with Gasteiger partial charge in [0.15, 0.2) is 0 Å². The van der Waals surface area contributed by atoms with E-state index in [-0.39, 0.29) is 11.7 Å². The predicted molar refractivity (Wildman–Crippen MR) is 100 cm³/mol. The maximum absolute atomic E-state index is 13.0. The lowest BCUT2D eigenvalue weighted by molar-refractivity contribution is -0.114. The van der Waals surface area contributed by atoms with Crippen LogP contribution in [0.1, 0.15) is 25.5 Å². The average molecular weight is 336 g/mol. The summed E-state index contributed by atoms with van der Waals surface area (Å²) in [6, 6.07) is 18.7. The van der Waals surface area contributed by atoms with Crippen molar-refractivity contribution < 1.29 is 9.90 Å². The molecule has 2 N–H and O–H groups in total. The number of benzene rings is 2. The summed E-state index contributed by atoms with van der Waals surface area (Å²) < 4.78 is 0. The zero-order valence-corrected chi connectivity index (χ0v) is 14.6. The molecule has 1 atom stereocenters. The molecule has 0 aliphatic carbocycles. The first-order valence-electron chi connectivity index (χ1n) is 8.66. The number of hydrogen-bond donors (Lipinski definition) is 2. The third-order valence-corrected chi connectivity index (χ3v) is 4.31. The number of aliphatic hydroxyl groups is 1. The molecule has 1 heterocycles. The Hall–Kier alpha value is -2.59.